The zero-order chi connectivity index (χ0) is 19.3. The van der Waals surface area contributed by atoms with Crippen molar-refractivity contribution in [1.29, 1.82) is 0 Å². The Morgan fingerprint density at radius 2 is 1.71 bits per heavy atom. The van der Waals surface area contributed by atoms with E-state index >= 15 is 0 Å². The largest absolute Gasteiger partial charge is 0.356 e. The number of likely N-dealkylation sites (tertiary alicyclic amines) is 1. The molecule has 0 aromatic heterocycles. The maximum absolute atomic E-state index is 12.2. The number of nitrogens with zero attached hydrogens (tertiary/aromatic N) is 2. The van der Waals surface area contributed by atoms with Crippen LogP contribution in [-0.2, 0) is 4.79 Å². The lowest BCUT2D eigenvalue weighted by Gasteiger charge is -2.40. The highest BCUT2D eigenvalue weighted by atomic mass is 127. The fourth-order valence-corrected chi connectivity index (χ4v) is 4.83. The molecular weight excluding hydrogens is 469 g/mol. The summed E-state index contributed by atoms with van der Waals surface area (Å²) in [7, 11) is 1.85. The molecule has 2 heterocycles. The number of aliphatic imine (C=N–C) groups is 1. The van der Waals surface area contributed by atoms with Gasteiger partial charge in [-0.25, -0.2) is 4.79 Å². The molecule has 0 spiro atoms. The highest BCUT2D eigenvalue weighted by Gasteiger charge is 2.48. The number of rotatable bonds is 3. The molecule has 8 heteroatoms. The number of nitrogens with one attached hydrogen (secondary N) is 3. The highest BCUT2D eigenvalue weighted by molar-refractivity contribution is 14.0. The molecule has 2 saturated heterocycles. The first-order valence-electron chi connectivity index (χ1n) is 10.6. The Labute approximate surface area is 185 Å². The number of guanidine groups is 1. The molecule has 0 bridgehead atoms. The first-order valence-corrected chi connectivity index (χ1v) is 10.6. The van der Waals surface area contributed by atoms with Gasteiger partial charge in [0, 0.05) is 26.7 Å². The standard InChI is InChI=1S/C20H35N5O2.HI/c1-20(17(26)23-19(27)24-20)16-10-12-25(13-11-16)18(21-2)22-14-15-8-6-4-3-5-7-9-15;/h15-16H,3-14H2,1-2H3,(H,21,22)(H2,23,24,26,27);1H. The molecule has 3 amide bonds. The Hall–Kier alpha value is -1.06. The van der Waals surface area contributed by atoms with Crippen molar-refractivity contribution in [3.8, 4) is 0 Å². The predicted molar refractivity (Wildman–Crippen MR) is 122 cm³/mol. The van der Waals surface area contributed by atoms with Crippen LogP contribution in [0.15, 0.2) is 4.99 Å². The van der Waals surface area contributed by atoms with Crippen LogP contribution >= 0.6 is 24.0 Å². The van der Waals surface area contributed by atoms with Crippen molar-refractivity contribution >= 4 is 41.9 Å². The molecule has 28 heavy (non-hydrogen) atoms. The van der Waals surface area contributed by atoms with Gasteiger partial charge in [0.25, 0.3) is 5.91 Å². The predicted octanol–water partition coefficient (Wildman–Crippen LogP) is 2.85. The molecule has 1 saturated carbocycles. The Balaban J connectivity index is 0.00000280. The molecule has 1 atom stereocenters. The quantitative estimate of drug-likeness (QED) is 0.238. The molecule has 1 unspecified atom stereocenters. The smallest absolute Gasteiger partial charge is 0.322 e. The minimum atomic E-state index is -0.779. The summed E-state index contributed by atoms with van der Waals surface area (Å²) >= 11 is 0. The van der Waals surface area contributed by atoms with Crippen molar-refractivity contribution in [2.45, 2.75) is 70.3 Å². The lowest BCUT2D eigenvalue weighted by atomic mass is 9.79. The minimum Gasteiger partial charge on any atom is -0.356 e. The summed E-state index contributed by atoms with van der Waals surface area (Å²) in [6, 6.07) is -0.374. The molecule has 3 aliphatic rings. The van der Waals surface area contributed by atoms with Crippen molar-refractivity contribution in [2.75, 3.05) is 26.7 Å². The van der Waals surface area contributed by atoms with E-state index in [9.17, 15) is 9.59 Å². The molecule has 3 fully saturated rings. The normalized spacial score (nSPS) is 28.1. The second kappa shape index (κ2) is 10.6. The molecule has 0 radical (unpaired) electrons. The van der Waals surface area contributed by atoms with E-state index in [1.165, 1.54) is 44.9 Å². The van der Waals surface area contributed by atoms with Crippen LogP contribution in [0.1, 0.15) is 64.7 Å². The fraction of sp³-hybridized carbons (Fsp3) is 0.850. The lowest BCUT2D eigenvalue weighted by Crippen LogP contribution is -2.55. The van der Waals surface area contributed by atoms with Crippen LogP contribution in [0.2, 0.25) is 0 Å². The first-order chi connectivity index (χ1) is 13.0. The number of urea groups is 1. The Morgan fingerprint density at radius 3 is 2.25 bits per heavy atom. The number of halogens is 1. The summed E-state index contributed by atoms with van der Waals surface area (Å²) in [5.41, 5.74) is -0.779. The SMILES string of the molecule is CN=C(NCC1CCCCCCC1)N1CCC(C2(C)NC(=O)NC2=O)CC1.I. The molecule has 0 aromatic carbocycles. The van der Waals surface area contributed by atoms with Crippen LogP contribution in [0.3, 0.4) is 0 Å². The lowest BCUT2D eigenvalue weighted by molar-refractivity contribution is -0.125. The summed E-state index contributed by atoms with van der Waals surface area (Å²) in [6.07, 6.45) is 11.2. The minimum absolute atomic E-state index is 0. The summed E-state index contributed by atoms with van der Waals surface area (Å²) in [4.78, 5) is 30.5. The summed E-state index contributed by atoms with van der Waals surface area (Å²) in [5, 5.41) is 8.79. The van der Waals surface area contributed by atoms with Crippen LogP contribution in [0.4, 0.5) is 4.79 Å². The number of carbonyl (C=O) groups is 2. The van der Waals surface area contributed by atoms with Gasteiger partial charge in [-0.1, -0.05) is 32.1 Å². The number of amides is 3. The van der Waals surface area contributed by atoms with Crippen molar-refractivity contribution in [2.24, 2.45) is 16.8 Å². The molecule has 3 N–H and O–H groups in total. The van der Waals surface area contributed by atoms with E-state index in [2.05, 4.69) is 25.8 Å². The van der Waals surface area contributed by atoms with E-state index in [1.807, 2.05) is 14.0 Å². The average Bonchev–Trinajstić information content (AvgIpc) is 2.90. The second-order valence-corrected chi connectivity index (χ2v) is 8.51. The van der Waals surface area contributed by atoms with Crippen LogP contribution in [0, 0.1) is 11.8 Å². The Bertz CT molecular complexity index is 569. The van der Waals surface area contributed by atoms with E-state index in [4.69, 9.17) is 0 Å². The van der Waals surface area contributed by atoms with E-state index in [-0.39, 0.29) is 41.8 Å². The van der Waals surface area contributed by atoms with Gasteiger partial charge in [0.1, 0.15) is 5.54 Å². The first kappa shape index (κ1) is 23.2. The number of imide groups is 1. The van der Waals surface area contributed by atoms with Crippen molar-refractivity contribution in [1.82, 2.24) is 20.9 Å². The third-order valence-corrected chi connectivity index (χ3v) is 6.67. The number of piperidine rings is 1. The van der Waals surface area contributed by atoms with Gasteiger partial charge in [-0.05, 0) is 44.4 Å². The van der Waals surface area contributed by atoms with Gasteiger partial charge < -0.3 is 15.5 Å². The maximum Gasteiger partial charge on any atom is 0.322 e. The monoisotopic (exact) mass is 505 g/mol. The number of carbonyl (C=O) groups excluding carboxylic acids is 2. The number of hydrogen-bond acceptors (Lipinski definition) is 3. The van der Waals surface area contributed by atoms with E-state index in [1.54, 1.807) is 0 Å². The molecule has 160 valence electrons. The van der Waals surface area contributed by atoms with Gasteiger partial charge in [0.15, 0.2) is 5.96 Å². The summed E-state index contributed by atoms with van der Waals surface area (Å²) in [6.45, 7) is 4.56. The maximum atomic E-state index is 12.2. The van der Waals surface area contributed by atoms with E-state index in [0.717, 1.165) is 44.4 Å². The molecular formula is C20H36IN5O2. The zero-order valence-electron chi connectivity index (χ0n) is 17.3. The second-order valence-electron chi connectivity index (χ2n) is 8.51. The Morgan fingerprint density at radius 1 is 1.11 bits per heavy atom. The molecule has 2 aliphatic heterocycles. The van der Waals surface area contributed by atoms with Crippen molar-refractivity contribution in [3.05, 3.63) is 0 Å². The average molecular weight is 505 g/mol. The molecule has 7 nitrogen and oxygen atoms in total. The van der Waals surface area contributed by atoms with Crippen LogP contribution in [-0.4, -0.2) is 55.0 Å². The molecule has 3 rings (SSSR count). The number of hydrogen-bond donors (Lipinski definition) is 3. The highest BCUT2D eigenvalue weighted by Crippen LogP contribution is 2.30. The molecule has 0 aromatic rings. The van der Waals surface area contributed by atoms with Gasteiger partial charge in [-0.2, -0.15) is 0 Å². The van der Waals surface area contributed by atoms with Crippen LogP contribution in [0.5, 0.6) is 0 Å². The van der Waals surface area contributed by atoms with Crippen molar-refractivity contribution in [3.63, 3.8) is 0 Å². The van der Waals surface area contributed by atoms with Gasteiger partial charge >= 0.3 is 6.03 Å². The van der Waals surface area contributed by atoms with Gasteiger partial charge in [0.2, 0.25) is 0 Å². The summed E-state index contributed by atoms with van der Waals surface area (Å²) < 4.78 is 0. The van der Waals surface area contributed by atoms with Crippen LogP contribution in [0.25, 0.3) is 0 Å². The third-order valence-electron chi connectivity index (χ3n) is 6.67. The third kappa shape index (κ3) is 5.51. The molecule has 1 aliphatic carbocycles. The van der Waals surface area contributed by atoms with E-state index < -0.39 is 5.54 Å². The fourth-order valence-electron chi connectivity index (χ4n) is 4.83. The van der Waals surface area contributed by atoms with Crippen LogP contribution < -0.4 is 16.0 Å². The van der Waals surface area contributed by atoms with Gasteiger partial charge in [-0.15, -0.1) is 24.0 Å². The summed E-state index contributed by atoms with van der Waals surface area (Å²) in [5.74, 6) is 1.68. The Kier molecular flexibility index (Phi) is 8.82. The van der Waals surface area contributed by atoms with Gasteiger partial charge in [-0.3, -0.25) is 15.1 Å². The van der Waals surface area contributed by atoms with Crippen molar-refractivity contribution < 1.29 is 9.59 Å². The van der Waals surface area contributed by atoms with Gasteiger partial charge in [0.05, 0.1) is 0 Å². The zero-order valence-corrected chi connectivity index (χ0v) is 19.6. The topological polar surface area (TPSA) is 85.8 Å². The van der Waals surface area contributed by atoms with E-state index in [0.29, 0.717) is 0 Å².